The summed E-state index contributed by atoms with van der Waals surface area (Å²) in [5.74, 6) is 0.476. The molecule has 5 heteroatoms. The van der Waals surface area contributed by atoms with Gasteiger partial charge in [0.05, 0.1) is 0 Å². The zero-order chi connectivity index (χ0) is 19.4. The summed E-state index contributed by atoms with van der Waals surface area (Å²) in [7, 11) is 0. The van der Waals surface area contributed by atoms with Crippen LogP contribution in [0.25, 0.3) is 0 Å². The van der Waals surface area contributed by atoms with Crippen LogP contribution in [-0.2, 0) is 16.0 Å². The molecular weight excluding hydrogens is 340 g/mol. The molecule has 0 radical (unpaired) electrons. The van der Waals surface area contributed by atoms with Crippen LogP contribution in [0.4, 0.5) is 11.4 Å². The van der Waals surface area contributed by atoms with Gasteiger partial charge in [-0.05, 0) is 49.6 Å². The molecule has 2 aromatic carbocycles. The molecule has 1 atom stereocenters. The normalized spacial score (nSPS) is 14.4. The van der Waals surface area contributed by atoms with Crippen LogP contribution in [0.15, 0.2) is 48.5 Å². The van der Waals surface area contributed by atoms with Crippen LogP contribution in [0.2, 0.25) is 0 Å². The van der Waals surface area contributed by atoms with E-state index < -0.39 is 6.10 Å². The smallest absolute Gasteiger partial charge is 0.265 e. The molecule has 0 bridgehead atoms. The highest BCUT2D eigenvalue weighted by Crippen LogP contribution is 2.31. The molecular formula is C22H26N2O3. The minimum absolute atomic E-state index is 0.0616. The Labute approximate surface area is 160 Å². The van der Waals surface area contributed by atoms with Crippen molar-refractivity contribution in [1.82, 2.24) is 0 Å². The van der Waals surface area contributed by atoms with Gasteiger partial charge in [0.1, 0.15) is 5.75 Å². The molecule has 1 heterocycles. The van der Waals surface area contributed by atoms with E-state index in [1.807, 2.05) is 67.3 Å². The second-order valence-corrected chi connectivity index (χ2v) is 7.15. The minimum Gasteiger partial charge on any atom is -0.481 e. The lowest BCUT2D eigenvalue weighted by molar-refractivity contribution is -0.122. The Morgan fingerprint density at radius 1 is 1.07 bits per heavy atom. The molecule has 1 aliphatic heterocycles. The number of aryl methyl sites for hydroxylation is 1. The lowest BCUT2D eigenvalue weighted by Gasteiger charge is -2.31. The minimum atomic E-state index is -0.628. The number of hydrogen-bond donors (Lipinski definition) is 1. The maximum Gasteiger partial charge on any atom is 0.265 e. The predicted molar refractivity (Wildman–Crippen MR) is 107 cm³/mol. The first kappa shape index (κ1) is 19.0. The lowest BCUT2D eigenvalue weighted by Crippen LogP contribution is -2.38. The van der Waals surface area contributed by atoms with E-state index in [2.05, 4.69) is 5.32 Å². The van der Waals surface area contributed by atoms with Gasteiger partial charge < -0.3 is 15.0 Å². The Bertz CT molecular complexity index is 818. The fourth-order valence-corrected chi connectivity index (χ4v) is 3.19. The number of ether oxygens (including phenoxy) is 1. The average Bonchev–Trinajstić information content (AvgIpc) is 2.67. The highest BCUT2D eigenvalue weighted by Gasteiger charge is 2.25. The Balaban J connectivity index is 1.73. The van der Waals surface area contributed by atoms with Crippen LogP contribution in [0, 0.1) is 5.92 Å². The van der Waals surface area contributed by atoms with Crippen molar-refractivity contribution in [3.63, 3.8) is 0 Å². The second-order valence-electron chi connectivity index (χ2n) is 7.15. The molecule has 1 N–H and O–H groups in total. The van der Waals surface area contributed by atoms with Gasteiger partial charge in [-0.3, -0.25) is 9.59 Å². The summed E-state index contributed by atoms with van der Waals surface area (Å²) in [6.07, 6.45) is 1.27. The standard InChI is InChI=1S/C22H26N2O3/c1-15(2)22(26)24-13-7-8-17-11-12-18(14-20(17)24)23-21(25)16(3)27-19-9-5-4-6-10-19/h4-6,9-12,14-16H,7-8,13H2,1-3H3,(H,23,25). The molecule has 0 saturated heterocycles. The van der Waals surface area contributed by atoms with Gasteiger partial charge in [0, 0.05) is 23.8 Å². The number of nitrogens with zero attached hydrogens (tertiary/aromatic N) is 1. The van der Waals surface area contributed by atoms with Crippen molar-refractivity contribution < 1.29 is 14.3 Å². The number of hydrogen-bond acceptors (Lipinski definition) is 3. The predicted octanol–water partition coefficient (Wildman–Crippen LogP) is 4.03. The van der Waals surface area contributed by atoms with E-state index in [1.54, 1.807) is 6.92 Å². The third-order valence-corrected chi connectivity index (χ3v) is 4.66. The van der Waals surface area contributed by atoms with E-state index in [-0.39, 0.29) is 17.7 Å². The quantitative estimate of drug-likeness (QED) is 0.869. The Kier molecular flexibility index (Phi) is 5.79. The van der Waals surface area contributed by atoms with Gasteiger partial charge in [-0.1, -0.05) is 38.1 Å². The van der Waals surface area contributed by atoms with E-state index in [0.717, 1.165) is 30.6 Å². The number of amides is 2. The van der Waals surface area contributed by atoms with Crippen LogP contribution in [0.3, 0.4) is 0 Å². The van der Waals surface area contributed by atoms with Gasteiger partial charge >= 0.3 is 0 Å². The number of rotatable bonds is 5. The van der Waals surface area contributed by atoms with Crippen LogP contribution in [0.5, 0.6) is 5.75 Å². The molecule has 27 heavy (non-hydrogen) atoms. The summed E-state index contributed by atoms with van der Waals surface area (Å²) in [6, 6.07) is 15.0. The molecule has 1 aliphatic rings. The summed E-state index contributed by atoms with van der Waals surface area (Å²) in [5, 5.41) is 2.90. The zero-order valence-electron chi connectivity index (χ0n) is 16.1. The van der Waals surface area contributed by atoms with Crippen LogP contribution < -0.4 is 15.0 Å². The summed E-state index contributed by atoms with van der Waals surface area (Å²) in [5.41, 5.74) is 2.71. The maximum atomic E-state index is 12.5. The number of carbonyl (C=O) groups is 2. The first-order valence-electron chi connectivity index (χ1n) is 9.42. The van der Waals surface area contributed by atoms with Gasteiger partial charge in [0.15, 0.2) is 6.10 Å². The maximum absolute atomic E-state index is 12.5. The van der Waals surface area contributed by atoms with Gasteiger partial charge in [-0.2, -0.15) is 0 Å². The third-order valence-electron chi connectivity index (χ3n) is 4.66. The van der Waals surface area contributed by atoms with E-state index in [9.17, 15) is 9.59 Å². The van der Waals surface area contributed by atoms with Gasteiger partial charge in [0.25, 0.3) is 5.91 Å². The van der Waals surface area contributed by atoms with Crippen molar-refractivity contribution >= 4 is 23.2 Å². The van der Waals surface area contributed by atoms with Crippen molar-refractivity contribution in [3.05, 3.63) is 54.1 Å². The molecule has 0 aliphatic carbocycles. The van der Waals surface area contributed by atoms with Gasteiger partial charge in [-0.25, -0.2) is 0 Å². The lowest BCUT2D eigenvalue weighted by atomic mass is 9.99. The molecule has 0 spiro atoms. The Morgan fingerprint density at radius 2 is 1.81 bits per heavy atom. The average molecular weight is 366 g/mol. The van der Waals surface area contributed by atoms with E-state index in [1.165, 1.54) is 0 Å². The van der Waals surface area contributed by atoms with Crippen molar-refractivity contribution in [2.24, 2.45) is 5.92 Å². The number of nitrogens with one attached hydrogen (secondary N) is 1. The summed E-state index contributed by atoms with van der Waals surface area (Å²) < 4.78 is 5.68. The van der Waals surface area contributed by atoms with E-state index in [0.29, 0.717) is 11.4 Å². The van der Waals surface area contributed by atoms with Crippen LogP contribution >= 0.6 is 0 Å². The first-order chi connectivity index (χ1) is 13.0. The number of carbonyl (C=O) groups excluding carboxylic acids is 2. The van der Waals surface area contributed by atoms with Crippen molar-refractivity contribution in [2.75, 3.05) is 16.8 Å². The van der Waals surface area contributed by atoms with E-state index >= 15 is 0 Å². The fraction of sp³-hybridized carbons (Fsp3) is 0.364. The number of anilines is 2. The van der Waals surface area contributed by atoms with E-state index in [4.69, 9.17) is 4.74 Å². The largest absolute Gasteiger partial charge is 0.481 e. The molecule has 2 aromatic rings. The molecule has 1 unspecified atom stereocenters. The molecule has 0 fully saturated rings. The Hall–Kier alpha value is -2.82. The van der Waals surface area contributed by atoms with Crippen molar-refractivity contribution in [1.29, 1.82) is 0 Å². The molecule has 2 amide bonds. The topological polar surface area (TPSA) is 58.6 Å². The summed E-state index contributed by atoms with van der Waals surface area (Å²) in [4.78, 5) is 26.9. The summed E-state index contributed by atoms with van der Waals surface area (Å²) in [6.45, 7) is 6.25. The highest BCUT2D eigenvalue weighted by molar-refractivity contribution is 5.98. The Morgan fingerprint density at radius 3 is 2.52 bits per heavy atom. The fourth-order valence-electron chi connectivity index (χ4n) is 3.19. The monoisotopic (exact) mass is 366 g/mol. The first-order valence-corrected chi connectivity index (χ1v) is 9.42. The molecule has 0 aromatic heterocycles. The number of para-hydroxylation sites is 1. The number of benzene rings is 2. The van der Waals surface area contributed by atoms with Crippen molar-refractivity contribution in [2.45, 2.75) is 39.7 Å². The zero-order valence-corrected chi connectivity index (χ0v) is 16.1. The highest BCUT2D eigenvalue weighted by atomic mass is 16.5. The second kappa shape index (κ2) is 8.25. The SMILES string of the molecule is CC(C)C(=O)N1CCCc2ccc(NC(=O)C(C)Oc3ccccc3)cc21. The molecule has 3 rings (SSSR count). The van der Waals surface area contributed by atoms with Crippen molar-refractivity contribution in [3.8, 4) is 5.75 Å². The van der Waals surface area contributed by atoms with Crippen LogP contribution in [-0.4, -0.2) is 24.5 Å². The third kappa shape index (κ3) is 4.48. The van der Waals surface area contributed by atoms with Crippen LogP contribution in [0.1, 0.15) is 32.8 Å². The molecule has 5 nitrogen and oxygen atoms in total. The van der Waals surface area contributed by atoms with Gasteiger partial charge in [-0.15, -0.1) is 0 Å². The van der Waals surface area contributed by atoms with Gasteiger partial charge in [0.2, 0.25) is 5.91 Å². The summed E-state index contributed by atoms with van der Waals surface area (Å²) >= 11 is 0. The number of fused-ring (bicyclic) bond motifs is 1. The molecule has 0 saturated carbocycles. The molecule has 142 valence electrons.